The lowest BCUT2D eigenvalue weighted by molar-refractivity contribution is -0.0745. The molecular formula is C5H8N2O2. The number of rotatable bonds is 2. The van der Waals surface area contributed by atoms with E-state index in [0.717, 1.165) is 10.8 Å². The van der Waals surface area contributed by atoms with E-state index < -0.39 is 0 Å². The largest absolute Gasteiger partial charge is 0.364 e. The molecule has 4 heteroatoms. The SMILES string of the molecule is CN(O)Cc1ccon1. The molecule has 0 saturated heterocycles. The standard InChI is InChI=1S/C5H8N2O2/c1-7(8)4-5-2-3-9-6-5/h2-3,8H,4H2,1H3. The molecule has 0 aliphatic carbocycles. The van der Waals surface area contributed by atoms with Crippen LogP contribution in [0, 0.1) is 0 Å². The first-order valence-corrected chi connectivity index (χ1v) is 2.58. The molecule has 1 N–H and O–H groups in total. The van der Waals surface area contributed by atoms with E-state index >= 15 is 0 Å². The van der Waals surface area contributed by atoms with Crippen molar-refractivity contribution >= 4 is 0 Å². The van der Waals surface area contributed by atoms with E-state index in [0.29, 0.717) is 6.54 Å². The van der Waals surface area contributed by atoms with Gasteiger partial charge < -0.3 is 9.73 Å². The highest BCUT2D eigenvalue weighted by Crippen LogP contribution is 1.95. The highest BCUT2D eigenvalue weighted by Gasteiger charge is 1.96. The molecule has 0 aliphatic heterocycles. The van der Waals surface area contributed by atoms with Crippen molar-refractivity contribution in [1.29, 1.82) is 0 Å². The fourth-order valence-electron chi connectivity index (χ4n) is 0.554. The molecule has 0 radical (unpaired) electrons. The summed E-state index contributed by atoms with van der Waals surface area (Å²) in [7, 11) is 1.55. The summed E-state index contributed by atoms with van der Waals surface area (Å²) in [6.45, 7) is 0.399. The number of aromatic nitrogens is 1. The lowest BCUT2D eigenvalue weighted by Gasteiger charge is -2.02. The lowest BCUT2D eigenvalue weighted by atomic mass is 10.4. The quantitative estimate of drug-likeness (QED) is 0.589. The van der Waals surface area contributed by atoms with Gasteiger partial charge in [-0.05, 0) is 0 Å². The van der Waals surface area contributed by atoms with Crippen LogP contribution in [-0.4, -0.2) is 22.5 Å². The van der Waals surface area contributed by atoms with Crippen LogP contribution < -0.4 is 0 Å². The zero-order valence-electron chi connectivity index (χ0n) is 5.11. The van der Waals surface area contributed by atoms with Crippen molar-refractivity contribution in [1.82, 2.24) is 10.2 Å². The van der Waals surface area contributed by atoms with Crippen molar-refractivity contribution in [2.75, 3.05) is 7.05 Å². The van der Waals surface area contributed by atoms with Crippen LogP contribution in [-0.2, 0) is 6.54 Å². The predicted octanol–water partition coefficient (Wildman–Crippen LogP) is 0.496. The van der Waals surface area contributed by atoms with Gasteiger partial charge in [-0.2, -0.15) is 5.06 Å². The number of hydroxylamine groups is 2. The summed E-state index contributed by atoms with van der Waals surface area (Å²) in [5, 5.41) is 13.3. The molecule has 0 amide bonds. The summed E-state index contributed by atoms with van der Waals surface area (Å²) in [5.41, 5.74) is 0.722. The maximum Gasteiger partial charge on any atom is 0.124 e. The topological polar surface area (TPSA) is 49.5 Å². The second kappa shape index (κ2) is 2.61. The van der Waals surface area contributed by atoms with E-state index in [4.69, 9.17) is 5.21 Å². The zero-order valence-corrected chi connectivity index (χ0v) is 5.11. The normalized spacial score (nSPS) is 10.6. The van der Waals surface area contributed by atoms with Crippen LogP contribution in [0.25, 0.3) is 0 Å². The smallest absolute Gasteiger partial charge is 0.124 e. The Morgan fingerprint density at radius 2 is 2.67 bits per heavy atom. The Labute approximate surface area is 52.6 Å². The fourth-order valence-corrected chi connectivity index (χ4v) is 0.554. The third kappa shape index (κ3) is 1.83. The minimum atomic E-state index is 0.399. The highest BCUT2D eigenvalue weighted by molar-refractivity contribution is 4.93. The van der Waals surface area contributed by atoms with E-state index in [-0.39, 0.29) is 0 Å². The summed E-state index contributed by atoms with van der Waals surface area (Å²) in [4.78, 5) is 0. The molecule has 0 fully saturated rings. The molecule has 0 aromatic carbocycles. The van der Waals surface area contributed by atoms with Crippen LogP contribution in [0.1, 0.15) is 5.69 Å². The average Bonchev–Trinajstić information content (AvgIpc) is 2.15. The Morgan fingerprint density at radius 1 is 1.89 bits per heavy atom. The molecule has 1 aromatic heterocycles. The Balaban J connectivity index is 2.48. The summed E-state index contributed by atoms with van der Waals surface area (Å²) in [6.07, 6.45) is 1.47. The number of hydrogen-bond acceptors (Lipinski definition) is 4. The van der Waals surface area contributed by atoms with Crippen molar-refractivity contribution in [3.8, 4) is 0 Å². The Bertz CT molecular complexity index is 159. The lowest BCUT2D eigenvalue weighted by Crippen LogP contribution is -2.11. The van der Waals surface area contributed by atoms with Gasteiger partial charge in [0.2, 0.25) is 0 Å². The van der Waals surface area contributed by atoms with Gasteiger partial charge in [0.25, 0.3) is 0 Å². The van der Waals surface area contributed by atoms with Gasteiger partial charge in [0, 0.05) is 13.1 Å². The first-order valence-electron chi connectivity index (χ1n) is 2.58. The fraction of sp³-hybridized carbons (Fsp3) is 0.400. The second-order valence-electron chi connectivity index (χ2n) is 1.81. The number of hydrogen-bond donors (Lipinski definition) is 1. The predicted molar refractivity (Wildman–Crippen MR) is 29.8 cm³/mol. The minimum absolute atomic E-state index is 0.399. The van der Waals surface area contributed by atoms with Gasteiger partial charge in [-0.25, -0.2) is 0 Å². The third-order valence-electron chi connectivity index (χ3n) is 0.882. The molecule has 1 heterocycles. The molecular weight excluding hydrogens is 120 g/mol. The molecule has 0 bridgehead atoms. The molecule has 0 spiro atoms. The van der Waals surface area contributed by atoms with Gasteiger partial charge in [-0.15, -0.1) is 0 Å². The van der Waals surface area contributed by atoms with Crippen LogP contribution in [0.15, 0.2) is 16.9 Å². The summed E-state index contributed by atoms with van der Waals surface area (Å²) < 4.78 is 4.53. The molecule has 0 unspecified atom stereocenters. The van der Waals surface area contributed by atoms with Crippen LogP contribution in [0.4, 0.5) is 0 Å². The second-order valence-corrected chi connectivity index (χ2v) is 1.81. The van der Waals surface area contributed by atoms with Gasteiger partial charge in [0.1, 0.15) is 6.26 Å². The molecule has 4 nitrogen and oxygen atoms in total. The van der Waals surface area contributed by atoms with Crippen LogP contribution in [0.5, 0.6) is 0 Å². The summed E-state index contributed by atoms with van der Waals surface area (Å²) in [6, 6.07) is 1.70. The number of nitrogens with zero attached hydrogens (tertiary/aromatic N) is 2. The molecule has 1 aromatic rings. The molecule has 9 heavy (non-hydrogen) atoms. The van der Waals surface area contributed by atoms with Gasteiger partial charge in [0.05, 0.1) is 12.2 Å². The van der Waals surface area contributed by atoms with E-state index in [9.17, 15) is 0 Å². The monoisotopic (exact) mass is 128 g/mol. The van der Waals surface area contributed by atoms with Gasteiger partial charge >= 0.3 is 0 Å². The molecule has 0 saturated carbocycles. The highest BCUT2D eigenvalue weighted by atomic mass is 16.5. The van der Waals surface area contributed by atoms with Crippen LogP contribution in [0.2, 0.25) is 0 Å². The van der Waals surface area contributed by atoms with Gasteiger partial charge in [0.15, 0.2) is 0 Å². The third-order valence-corrected chi connectivity index (χ3v) is 0.882. The maximum absolute atomic E-state index is 8.68. The maximum atomic E-state index is 8.68. The van der Waals surface area contributed by atoms with E-state index in [1.165, 1.54) is 6.26 Å². The van der Waals surface area contributed by atoms with Gasteiger partial charge in [-0.1, -0.05) is 5.16 Å². The zero-order chi connectivity index (χ0) is 6.69. The molecule has 0 atom stereocenters. The first kappa shape index (κ1) is 6.25. The Kier molecular flexibility index (Phi) is 1.81. The van der Waals surface area contributed by atoms with Gasteiger partial charge in [-0.3, -0.25) is 0 Å². The van der Waals surface area contributed by atoms with Crippen molar-refractivity contribution in [2.24, 2.45) is 0 Å². The van der Waals surface area contributed by atoms with Crippen LogP contribution >= 0.6 is 0 Å². The van der Waals surface area contributed by atoms with E-state index in [1.807, 2.05) is 0 Å². The van der Waals surface area contributed by atoms with Crippen molar-refractivity contribution in [2.45, 2.75) is 6.54 Å². The summed E-state index contributed by atoms with van der Waals surface area (Å²) >= 11 is 0. The molecule has 0 aliphatic rings. The van der Waals surface area contributed by atoms with Crippen LogP contribution in [0.3, 0.4) is 0 Å². The van der Waals surface area contributed by atoms with Crippen molar-refractivity contribution < 1.29 is 9.73 Å². The van der Waals surface area contributed by atoms with E-state index in [1.54, 1.807) is 13.1 Å². The summed E-state index contributed by atoms with van der Waals surface area (Å²) in [5.74, 6) is 0. The molecule has 1 rings (SSSR count). The Hall–Kier alpha value is -0.870. The molecule has 50 valence electrons. The van der Waals surface area contributed by atoms with E-state index in [2.05, 4.69) is 9.68 Å². The van der Waals surface area contributed by atoms with Crippen molar-refractivity contribution in [3.63, 3.8) is 0 Å². The van der Waals surface area contributed by atoms with Crippen molar-refractivity contribution in [3.05, 3.63) is 18.0 Å². The average molecular weight is 128 g/mol. The first-order chi connectivity index (χ1) is 4.29. The minimum Gasteiger partial charge on any atom is -0.364 e. The Morgan fingerprint density at radius 3 is 3.11 bits per heavy atom.